The first-order valence-corrected chi connectivity index (χ1v) is 9.04. The summed E-state index contributed by atoms with van der Waals surface area (Å²) in [5.41, 5.74) is 2.81. The van der Waals surface area contributed by atoms with E-state index in [9.17, 15) is 4.79 Å². The molecule has 0 unspecified atom stereocenters. The highest BCUT2D eigenvalue weighted by molar-refractivity contribution is 14.1. The zero-order chi connectivity index (χ0) is 16.5. The van der Waals surface area contributed by atoms with Crippen LogP contribution < -0.4 is 4.90 Å². The lowest BCUT2D eigenvalue weighted by Crippen LogP contribution is -2.49. The molecule has 1 aliphatic rings. The Labute approximate surface area is 153 Å². The average Bonchev–Trinajstić information content (AvgIpc) is 3.06. The number of para-hydroxylation sites is 2. The molecule has 0 saturated carbocycles. The molecule has 0 radical (unpaired) electrons. The molecule has 1 aliphatic heterocycles. The number of piperazine rings is 1. The molecule has 1 aromatic heterocycles. The topological polar surface area (TPSA) is 52.2 Å². The Balaban J connectivity index is 1.47. The van der Waals surface area contributed by atoms with Gasteiger partial charge in [0.05, 0.1) is 16.6 Å². The van der Waals surface area contributed by atoms with Gasteiger partial charge in [-0.15, -0.1) is 0 Å². The summed E-state index contributed by atoms with van der Waals surface area (Å²) in [6, 6.07) is 15.8. The van der Waals surface area contributed by atoms with Crippen LogP contribution in [0.25, 0.3) is 11.0 Å². The molecule has 122 valence electrons. The van der Waals surface area contributed by atoms with Crippen molar-refractivity contribution in [1.29, 1.82) is 0 Å². The largest absolute Gasteiger partial charge is 0.339 e. The number of imidazole rings is 1. The van der Waals surface area contributed by atoms with Gasteiger partial charge >= 0.3 is 0 Å². The van der Waals surface area contributed by atoms with Crippen LogP contribution in [-0.4, -0.2) is 47.0 Å². The predicted molar refractivity (Wildman–Crippen MR) is 103 cm³/mol. The number of carbonyl (C=O) groups excluding carboxylic acids is 1. The van der Waals surface area contributed by atoms with Crippen molar-refractivity contribution in [2.75, 3.05) is 31.1 Å². The number of fused-ring (bicyclic) bond motifs is 1. The molecule has 0 spiro atoms. The fraction of sp³-hybridized carbons (Fsp3) is 0.222. The van der Waals surface area contributed by atoms with Crippen molar-refractivity contribution < 1.29 is 4.79 Å². The normalized spacial score (nSPS) is 15.0. The van der Waals surface area contributed by atoms with E-state index in [1.165, 1.54) is 0 Å². The second-order valence-electron chi connectivity index (χ2n) is 5.84. The van der Waals surface area contributed by atoms with Crippen molar-refractivity contribution >= 4 is 45.5 Å². The highest BCUT2D eigenvalue weighted by atomic mass is 127. The van der Waals surface area contributed by atoms with Crippen molar-refractivity contribution in [3.8, 4) is 0 Å². The Morgan fingerprint density at radius 3 is 2.46 bits per heavy atom. The van der Waals surface area contributed by atoms with Crippen LogP contribution in [0.2, 0.25) is 0 Å². The number of hydrogen-bond acceptors (Lipinski definition) is 3. The molecule has 0 aliphatic carbocycles. The first-order valence-electron chi connectivity index (χ1n) is 7.96. The SMILES string of the molecule is O=C(c1ccccc1I)N1CCN(c2nc3ccccc3[nH]2)CC1. The van der Waals surface area contributed by atoms with Crippen molar-refractivity contribution in [2.45, 2.75) is 0 Å². The van der Waals surface area contributed by atoms with Gasteiger partial charge in [-0.1, -0.05) is 24.3 Å². The second kappa shape index (κ2) is 6.43. The summed E-state index contributed by atoms with van der Waals surface area (Å²) < 4.78 is 1.000. The van der Waals surface area contributed by atoms with Crippen LogP contribution >= 0.6 is 22.6 Å². The maximum Gasteiger partial charge on any atom is 0.255 e. The Morgan fingerprint density at radius 1 is 1.00 bits per heavy atom. The van der Waals surface area contributed by atoms with E-state index in [1.807, 2.05) is 53.4 Å². The zero-order valence-electron chi connectivity index (χ0n) is 13.1. The molecule has 1 amide bonds. The molecular formula is C18H17IN4O. The average molecular weight is 432 g/mol. The van der Waals surface area contributed by atoms with Crippen LogP contribution in [0.5, 0.6) is 0 Å². The van der Waals surface area contributed by atoms with Gasteiger partial charge in [-0.25, -0.2) is 4.98 Å². The number of rotatable bonds is 2. The number of halogens is 1. The minimum absolute atomic E-state index is 0.115. The van der Waals surface area contributed by atoms with E-state index in [0.717, 1.165) is 39.2 Å². The lowest BCUT2D eigenvalue weighted by Gasteiger charge is -2.34. The molecular weight excluding hydrogens is 415 g/mol. The summed E-state index contributed by atoms with van der Waals surface area (Å²) in [5.74, 6) is 1.00. The Kier molecular flexibility index (Phi) is 4.13. The third-order valence-electron chi connectivity index (χ3n) is 4.35. The fourth-order valence-electron chi connectivity index (χ4n) is 3.02. The molecule has 2 heterocycles. The van der Waals surface area contributed by atoms with Gasteiger partial charge in [0.2, 0.25) is 5.95 Å². The number of H-pyrrole nitrogens is 1. The van der Waals surface area contributed by atoms with Gasteiger partial charge in [0.1, 0.15) is 0 Å². The molecule has 1 saturated heterocycles. The first-order chi connectivity index (χ1) is 11.7. The second-order valence-corrected chi connectivity index (χ2v) is 7.00. The standard InChI is InChI=1S/C18H17IN4O/c19-14-6-2-1-5-13(14)17(24)22-9-11-23(12-10-22)18-20-15-7-3-4-8-16(15)21-18/h1-8H,9-12H2,(H,20,21). The van der Waals surface area contributed by atoms with E-state index in [1.54, 1.807) is 0 Å². The third kappa shape index (κ3) is 2.86. The van der Waals surface area contributed by atoms with E-state index in [0.29, 0.717) is 13.1 Å². The lowest BCUT2D eigenvalue weighted by molar-refractivity contribution is 0.0745. The smallest absolute Gasteiger partial charge is 0.255 e. The minimum atomic E-state index is 0.115. The van der Waals surface area contributed by atoms with Crippen LogP contribution in [0.3, 0.4) is 0 Å². The minimum Gasteiger partial charge on any atom is -0.339 e. The molecule has 0 atom stereocenters. The van der Waals surface area contributed by atoms with E-state index in [4.69, 9.17) is 0 Å². The van der Waals surface area contributed by atoms with E-state index in [2.05, 4.69) is 37.5 Å². The van der Waals surface area contributed by atoms with Crippen LogP contribution in [-0.2, 0) is 0 Å². The number of nitrogens with one attached hydrogen (secondary N) is 1. The van der Waals surface area contributed by atoms with Crippen LogP contribution in [0.4, 0.5) is 5.95 Å². The van der Waals surface area contributed by atoms with Crippen LogP contribution in [0.15, 0.2) is 48.5 Å². The summed E-state index contributed by atoms with van der Waals surface area (Å²) in [4.78, 5) is 24.8. The predicted octanol–water partition coefficient (Wildman–Crippen LogP) is 3.13. The Bertz CT molecular complexity index is 850. The van der Waals surface area contributed by atoms with Crippen molar-refractivity contribution in [1.82, 2.24) is 14.9 Å². The number of anilines is 1. The van der Waals surface area contributed by atoms with Gasteiger partial charge in [0.15, 0.2) is 0 Å². The number of aromatic nitrogens is 2. The number of hydrogen-bond donors (Lipinski definition) is 1. The summed E-state index contributed by atoms with van der Waals surface area (Å²) in [5, 5.41) is 0. The zero-order valence-corrected chi connectivity index (χ0v) is 15.2. The number of aromatic amines is 1. The van der Waals surface area contributed by atoms with Crippen molar-refractivity contribution in [2.24, 2.45) is 0 Å². The van der Waals surface area contributed by atoms with Gasteiger partial charge in [0, 0.05) is 29.7 Å². The Morgan fingerprint density at radius 2 is 1.71 bits per heavy atom. The Hall–Kier alpha value is -2.09. The maximum atomic E-state index is 12.7. The quantitative estimate of drug-likeness (QED) is 0.634. The van der Waals surface area contributed by atoms with Gasteiger partial charge < -0.3 is 14.8 Å². The van der Waals surface area contributed by atoms with Crippen LogP contribution in [0, 0.1) is 3.57 Å². The molecule has 1 N–H and O–H groups in total. The summed E-state index contributed by atoms with van der Waals surface area (Å²) in [6.45, 7) is 2.99. The van der Waals surface area contributed by atoms with E-state index < -0.39 is 0 Å². The highest BCUT2D eigenvalue weighted by Crippen LogP contribution is 2.20. The number of carbonyl (C=O) groups is 1. The molecule has 3 aromatic rings. The lowest BCUT2D eigenvalue weighted by atomic mass is 10.2. The van der Waals surface area contributed by atoms with Crippen LogP contribution in [0.1, 0.15) is 10.4 Å². The summed E-state index contributed by atoms with van der Waals surface area (Å²) >= 11 is 2.22. The van der Waals surface area contributed by atoms with Crippen molar-refractivity contribution in [3.05, 3.63) is 57.7 Å². The molecule has 4 rings (SSSR count). The molecule has 24 heavy (non-hydrogen) atoms. The molecule has 0 bridgehead atoms. The maximum absolute atomic E-state index is 12.7. The third-order valence-corrected chi connectivity index (χ3v) is 5.29. The number of benzene rings is 2. The molecule has 6 heteroatoms. The fourth-order valence-corrected chi connectivity index (χ4v) is 3.63. The van der Waals surface area contributed by atoms with Crippen molar-refractivity contribution in [3.63, 3.8) is 0 Å². The van der Waals surface area contributed by atoms with E-state index in [-0.39, 0.29) is 5.91 Å². The molecule has 2 aromatic carbocycles. The van der Waals surface area contributed by atoms with Gasteiger partial charge in [-0.3, -0.25) is 4.79 Å². The summed E-state index contributed by atoms with van der Waals surface area (Å²) in [6.07, 6.45) is 0. The van der Waals surface area contributed by atoms with Gasteiger partial charge in [-0.2, -0.15) is 0 Å². The first kappa shape index (κ1) is 15.4. The monoisotopic (exact) mass is 432 g/mol. The van der Waals surface area contributed by atoms with Gasteiger partial charge in [0.25, 0.3) is 5.91 Å². The molecule has 1 fully saturated rings. The van der Waals surface area contributed by atoms with E-state index >= 15 is 0 Å². The molecule has 5 nitrogen and oxygen atoms in total. The number of amides is 1. The number of nitrogens with zero attached hydrogens (tertiary/aromatic N) is 3. The summed E-state index contributed by atoms with van der Waals surface area (Å²) in [7, 11) is 0. The van der Waals surface area contributed by atoms with Gasteiger partial charge in [-0.05, 0) is 46.9 Å². The highest BCUT2D eigenvalue weighted by Gasteiger charge is 2.24.